The number of benzene rings is 1. The van der Waals surface area contributed by atoms with Crippen LogP contribution in [0.3, 0.4) is 0 Å². The van der Waals surface area contributed by atoms with Crippen LogP contribution in [-0.4, -0.2) is 24.9 Å². The Kier molecular flexibility index (Phi) is 5.98. The van der Waals surface area contributed by atoms with Gasteiger partial charge in [-0.05, 0) is 41.9 Å². The van der Waals surface area contributed by atoms with Gasteiger partial charge in [0.2, 0.25) is 0 Å². The van der Waals surface area contributed by atoms with Crippen LogP contribution in [0.15, 0.2) is 23.1 Å². The quantitative estimate of drug-likeness (QED) is 0.451. The lowest BCUT2D eigenvalue weighted by Crippen LogP contribution is -2.18. The molecule has 10 heteroatoms. The average Bonchev–Trinajstić information content (AvgIpc) is 2.35. The number of aryl methyl sites for hydroxylation is 1. The number of halogens is 6. The van der Waals surface area contributed by atoms with E-state index >= 15 is 0 Å². The molecule has 0 aliphatic carbocycles. The van der Waals surface area contributed by atoms with Crippen molar-refractivity contribution >= 4 is 17.7 Å². The highest BCUT2D eigenvalue weighted by Gasteiger charge is 2.33. The fourth-order valence-corrected chi connectivity index (χ4v) is 2.12. The smallest absolute Gasteiger partial charge is 0.469 e. The molecule has 1 aromatic carbocycles. The van der Waals surface area contributed by atoms with E-state index in [-0.39, 0.29) is 23.3 Å². The maximum absolute atomic E-state index is 12.3. The van der Waals surface area contributed by atoms with Crippen molar-refractivity contribution in [3.63, 3.8) is 0 Å². The number of hydrogen-bond acceptors (Lipinski definition) is 4. The van der Waals surface area contributed by atoms with Gasteiger partial charge in [-0.1, -0.05) is 0 Å². The van der Waals surface area contributed by atoms with Gasteiger partial charge >= 0.3 is 17.8 Å². The van der Waals surface area contributed by atoms with Crippen LogP contribution in [0.25, 0.3) is 0 Å². The van der Waals surface area contributed by atoms with E-state index in [0.717, 1.165) is 25.3 Å². The Hall–Kier alpha value is -1.58. The molecule has 0 saturated heterocycles. The minimum atomic E-state index is -4.99. The Morgan fingerprint density at radius 1 is 1.18 bits per heavy atom. The van der Waals surface area contributed by atoms with Gasteiger partial charge in [-0.15, -0.1) is 13.2 Å². The Balaban J connectivity index is 3.02. The predicted octanol–water partition coefficient (Wildman–Crippen LogP) is 4.30. The number of thioether (sulfide) groups is 1. The zero-order valence-electron chi connectivity index (χ0n) is 11.0. The van der Waals surface area contributed by atoms with Gasteiger partial charge in [0.05, 0.1) is 7.11 Å². The minimum Gasteiger partial charge on any atom is -0.469 e. The first kappa shape index (κ1) is 18.5. The summed E-state index contributed by atoms with van der Waals surface area (Å²) >= 11 is -0.471. The van der Waals surface area contributed by atoms with Crippen LogP contribution in [-0.2, 0) is 16.0 Å². The van der Waals surface area contributed by atoms with Crippen molar-refractivity contribution in [1.29, 1.82) is 0 Å². The van der Waals surface area contributed by atoms with E-state index in [4.69, 9.17) is 0 Å². The zero-order chi connectivity index (χ0) is 17.0. The highest BCUT2D eigenvalue weighted by atomic mass is 32.2. The second kappa shape index (κ2) is 7.12. The number of hydrogen-bond donors (Lipinski definition) is 0. The second-order valence-corrected chi connectivity index (χ2v) is 5.08. The molecule has 0 aliphatic heterocycles. The summed E-state index contributed by atoms with van der Waals surface area (Å²) in [4.78, 5) is 10.7. The van der Waals surface area contributed by atoms with Gasteiger partial charge in [-0.25, -0.2) is 0 Å². The van der Waals surface area contributed by atoms with E-state index in [1.807, 2.05) is 0 Å². The summed E-state index contributed by atoms with van der Waals surface area (Å²) in [6.45, 7) is 0. The van der Waals surface area contributed by atoms with Gasteiger partial charge in [0.15, 0.2) is 0 Å². The van der Waals surface area contributed by atoms with E-state index < -0.39 is 35.4 Å². The summed E-state index contributed by atoms with van der Waals surface area (Å²) in [5.74, 6) is -1.35. The first-order valence-electron chi connectivity index (χ1n) is 5.71. The Bertz CT molecular complexity index is 527. The fraction of sp³-hybridized carbons (Fsp3) is 0.417. The van der Waals surface area contributed by atoms with Crippen molar-refractivity contribution in [2.24, 2.45) is 0 Å². The van der Waals surface area contributed by atoms with Crippen molar-refractivity contribution in [2.45, 2.75) is 29.6 Å². The highest BCUT2D eigenvalue weighted by molar-refractivity contribution is 8.00. The molecular formula is C12H10F6O3S. The van der Waals surface area contributed by atoms with Crippen molar-refractivity contribution in [1.82, 2.24) is 0 Å². The van der Waals surface area contributed by atoms with Crippen molar-refractivity contribution < 1.29 is 40.6 Å². The Morgan fingerprint density at radius 2 is 1.82 bits per heavy atom. The topological polar surface area (TPSA) is 35.5 Å². The van der Waals surface area contributed by atoms with E-state index in [9.17, 15) is 31.1 Å². The van der Waals surface area contributed by atoms with Gasteiger partial charge in [0.1, 0.15) is 5.75 Å². The third kappa shape index (κ3) is 6.92. The number of ether oxygens (including phenoxy) is 2. The van der Waals surface area contributed by atoms with Gasteiger partial charge < -0.3 is 9.47 Å². The summed E-state index contributed by atoms with van der Waals surface area (Å²) in [5.41, 5.74) is -4.75. The number of rotatable bonds is 5. The van der Waals surface area contributed by atoms with Crippen LogP contribution in [0.4, 0.5) is 26.3 Å². The standard InChI is InChI=1S/C12H10F6O3S/c1-20-10(19)5-2-7-6-8(22-12(16,17)18)3-4-9(7)21-11(13,14)15/h3-4,6H,2,5H2,1H3. The third-order valence-corrected chi connectivity index (χ3v) is 3.04. The van der Waals surface area contributed by atoms with Gasteiger partial charge in [-0.2, -0.15) is 13.2 Å². The normalized spacial score (nSPS) is 12.1. The third-order valence-electron chi connectivity index (χ3n) is 2.32. The minimum absolute atomic E-state index is 0.169. The maximum atomic E-state index is 12.3. The largest absolute Gasteiger partial charge is 0.573 e. The van der Waals surface area contributed by atoms with Gasteiger partial charge in [0.25, 0.3) is 0 Å². The summed E-state index contributed by atoms with van der Waals surface area (Å²) in [5, 5.41) is 0. The maximum Gasteiger partial charge on any atom is 0.573 e. The number of carbonyl (C=O) groups excluding carboxylic acids is 1. The van der Waals surface area contributed by atoms with Crippen LogP contribution in [0.2, 0.25) is 0 Å². The molecule has 1 aromatic rings. The molecule has 124 valence electrons. The number of carbonyl (C=O) groups is 1. The highest BCUT2D eigenvalue weighted by Crippen LogP contribution is 2.39. The molecule has 0 heterocycles. The van der Waals surface area contributed by atoms with E-state index in [0.29, 0.717) is 0 Å². The van der Waals surface area contributed by atoms with Crippen LogP contribution in [0, 0.1) is 0 Å². The van der Waals surface area contributed by atoms with Crippen LogP contribution < -0.4 is 4.74 Å². The molecule has 0 N–H and O–H groups in total. The molecule has 22 heavy (non-hydrogen) atoms. The lowest BCUT2D eigenvalue weighted by molar-refractivity contribution is -0.274. The van der Waals surface area contributed by atoms with E-state index in [1.54, 1.807) is 0 Å². The van der Waals surface area contributed by atoms with Crippen LogP contribution >= 0.6 is 11.8 Å². The van der Waals surface area contributed by atoms with E-state index in [2.05, 4.69) is 9.47 Å². The van der Waals surface area contributed by atoms with Gasteiger partial charge in [-0.3, -0.25) is 4.79 Å². The Morgan fingerprint density at radius 3 is 2.32 bits per heavy atom. The number of esters is 1. The van der Waals surface area contributed by atoms with Crippen molar-refractivity contribution in [3.8, 4) is 5.75 Å². The average molecular weight is 348 g/mol. The van der Waals surface area contributed by atoms with Gasteiger partial charge in [0, 0.05) is 11.3 Å². The summed E-state index contributed by atoms with van der Waals surface area (Å²) in [7, 11) is 1.09. The number of methoxy groups -OCH3 is 1. The molecule has 1 rings (SSSR count). The lowest BCUT2D eigenvalue weighted by atomic mass is 10.1. The molecule has 0 fully saturated rings. The van der Waals surface area contributed by atoms with Crippen molar-refractivity contribution in [2.75, 3.05) is 7.11 Å². The molecule has 0 radical (unpaired) electrons. The number of alkyl halides is 6. The predicted molar refractivity (Wildman–Crippen MR) is 65.4 cm³/mol. The lowest BCUT2D eigenvalue weighted by Gasteiger charge is -2.15. The molecule has 0 spiro atoms. The zero-order valence-corrected chi connectivity index (χ0v) is 11.9. The van der Waals surface area contributed by atoms with Crippen LogP contribution in [0.5, 0.6) is 5.75 Å². The van der Waals surface area contributed by atoms with E-state index in [1.165, 1.54) is 0 Å². The molecule has 0 aliphatic rings. The summed E-state index contributed by atoms with van der Waals surface area (Å²) < 4.78 is 81.7. The summed E-state index contributed by atoms with van der Waals surface area (Å²) in [6, 6.07) is 2.55. The molecule has 0 aromatic heterocycles. The second-order valence-electron chi connectivity index (χ2n) is 3.94. The molecule has 0 unspecified atom stereocenters. The molecule has 3 nitrogen and oxygen atoms in total. The molecule has 0 bridgehead atoms. The molecule has 0 saturated carbocycles. The molecule has 0 atom stereocenters. The molecule has 0 amide bonds. The Labute approximate surface area is 125 Å². The first-order chi connectivity index (χ1) is 10.00. The molecular weight excluding hydrogens is 338 g/mol. The SMILES string of the molecule is COC(=O)CCc1cc(SC(F)(F)F)ccc1OC(F)(F)F. The fourth-order valence-electron chi connectivity index (χ4n) is 1.51. The summed E-state index contributed by atoms with van der Waals surface area (Å²) in [6.07, 6.45) is -5.52. The monoisotopic (exact) mass is 348 g/mol. The first-order valence-corrected chi connectivity index (χ1v) is 6.53. The van der Waals surface area contributed by atoms with Crippen molar-refractivity contribution in [3.05, 3.63) is 23.8 Å². The van der Waals surface area contributed by atoms with Crippen LogP contribution in [0.1, 0.15) is 12.0 Å².